The van der Waals surface area contributed by atoms with E-state index in [9.17, 15) is 4.79 Å². The van der Waals surface area contributed by atoms with E-state index in [4.69, 9.17) is 9.47 Å². The molecule has 1 atom stereocenters. The average Bonchev–Trinajstić information content (AvgIpc) is 2.87. The minimum Gasteiger partial charge on any atom is -0.485 e. The number of carbonyl (C=O) groups excluding carboxylic acids is 1. The smallest absolute Gasteiger partial charge is 0.213 e. The largest absolute Gasteiger partial charge is 0.485 e. The molecule has 6 heteroatoms. The van der Waals surface area contributed by atoms with E-state index in [2.05, 4.69) is 10.3 Å². The fourth-order valence-corrected chi connectivity index (χ4v) is 2.43. The monoisotopic (exact) mass is 262 g/mol. The minimum atomic E-state index is -0.238. The second-order valence-electron chi connectivity index (χ2n) is 3.70. The van der Waals surface area contributed by atoms with Crippen LogP contribution >= 0.6 is 11.3 Å². The molecule has 0 saturated heterocycles. The van der Waals surface area contributed by atoms with Gasteiger partial charge >= 0.3 is 0 Å². The Morgan fingerprint density at radius 2 is 2.22 bits per heavy atom. The van der Waals surface area contributed by atoms with Crippen LogP contribution in [0.4, 0.5) is 5.13 Å². The van der Waals surface area contributed by atoms with E-state index in [1.165, 1.54) is 11.3 Å². The molecule has 1 aromatic heterocycles. The van der Waals surface area contributed by atoms with Crippen LogP contribution in [0.1, 0.15) is 11.8 Å². The molecule has 1 N–H and O–H groups in total. The number of nitrogens with one attached hydrogen (secondary N) is 1. The average molecular weight is 262 g/mol. The molecular formula is C12H10N2O3S. The van der Waals surface area contributed by atoms with Crippen LogP contribution in [0.5, 0.6) is 11.5 Å². The van der Waals surface area contributed by atoms with Crippen molar-refractivity contribution < 1.29 is 14.3 Å². The van der Waals surface area contributed by atoms with Gasteiger partial charge in [0.2, 0.25) is 6.41 Å². The first-order valence-corrected chi connectivity index (χ1v) is 6.29. The molecule has 3 rings (SSSR count). The molecule has 1 aliphatic heterocycles. The van der Waals surface area contributed by atoms with Crippen LogP contribution in [0.3, 0.4) is 0 Å². The molecule has 2 aromatic rings. The number of fused-ring (bicyclic) bond motifs is 1. The Hall–Kier alpha value is -2.08. The fraction of sp³-hybridized carbons (Fsp3) is 0.167. The molecule has 0 radical (unpaired) electrons. The Balaban J connectivity index is 1.80. The Morgan fingerprint density at radius 1 is 1.39 bits per heavy atom. The summed E-state index contributed by atoms with van der Waals surface area (Å²) in [4.78, 5) is 14.6. The van der Waals surface area contributed by atoms with Crippen LogP contribution < -0.4 is 14.8 Å². The summed E-state index contributed by atoms with van der Waals surface area (Å²) < 4.78 is 11.4. The molecule has 1 aliphatic rings. The molecule has 5 nitrogen and oxygen atoms in total. The zero-order valence-electron chi connectivity index (χ0n) is 9.33. The van der Waals surface area contributed by atoms with Crippen LogP contribution in [-0.2, 0) is 4.79 Å². The van der Waals surface area contributed by atoms with Gasteiger partial charge in [-0.15, -0.1) is 11.3 Å². The summed E-state index contributed by atoms with van der Waals surface area (Å²) in [6.07, 6.45) is 0.370. The lowest BCUT2D eigenvalue weighted by Gasteiger charge is -2.25. The van der Waals surface area contributed by atoms with Crippen molar-refractivity contribution in [3.8, 4) is 11.5 Å². The van der Waals surface area contributed by atoms with E-state index in [1.54, 1.807) is 0 Å². The van der Waals surface area contributed by atoms with Crippen molar-refractivity contribution in [1.29, 1.82) is 0 Å². The van der Waals surface area contributed by atoms with Gasteiger partial charge in [-0.2, -0.15) is 0 Å². The number of hydrogen-bond acceptors (Lipinski definition) is 5. The number of rotatable bonds is 3. The van der Waals surface area contributed by atoms with Gasteiger partial charge in [0.15, 0.2) is 22.7 Å². The molecule has 18 heavy (non-hydrogen) atoms. The maximum Gasteiger partial charge on any atom is 0.213 e. The highest BCUT2D eigenvalue weighted by atomic mass is 32.1. The number of aromatic nitrogens is 1. The topological polar surface area (TPSA) is 60.5 Å². The van der Waals surface area contributed by atoms with Crippen molar-refractivity contribution in [2.45, 2.75) is 6.10 Å². The van der Waals surface area contributed by atoms with E-state index >= 15 is 0 Å². The van der Waals surface area contributed by atoms with Gasteiger partial charge < -0.3 is 14.8 Å². The molecule has 92 valence electrons. The number of ether oxygens (including phenoxy) is 2. The lowest BCUT2D eigenvalue weighted by atomic mass is 10.2. The van der Waals surface area contributed by atoms with Crippen molar-refractivity contribution >= 4 is 22.9 Å². The van der Waals surface area contributed by atoms with Gasteiger partial charge in [0.05, 0.1) is 5.69 Å². The highest BCUT2D eigenvalue weighted by molar-refractivity contribution is 7.13. The molecule has 0 spiro atoms. The summed E-state index contributed by atoms with van der Waals surface area (Å²) in [5, 5.41) is 4.93. The van der Waals surface area contributed by atoms with Gasteiger partial charge in [0, 0.05) is 5.38 Å². The first-order chi connectivity index (χ1) is 8.86. The van der Waals surface area contributed by atoms with E-state index < -0.39 is 0 Å². The van der Waals surface area contributed by atoms with Crippen molar-refractivity contribution in [2.75, 3.05) is 11.9 Å². The summed E-state index contributed by atoms with van der Waals surface area (Å²) in [5.74, 6) is 1.46. The van der Waals surface area contributed by atoms with Gasteiger partial charge in [-0.1, -0.05) is 12.1 Å². The third kappa shape index (κ3) is 2.02. The Bertz CT molecular complexity index is 570. The number of para-hydroxylation sites is 2. The number of amides is 1. The quantitative estimate of drug-likeness (QED) is 0.862. The third-order valence-corrected chi connectivity index (χ3v) is 3.33. The standard InChI is InChI=1S/C12H10N2O3S/c15-7-13-12-14-8(6-18-12)11-5-16-9-3-1-2-4-10(9)17-11/h1-4,6-7,11H,5H2,(H,13,14,15)/t11-/m0/s1. The number of thiazole rings is 1. The van der Waals surface area contributed by atoms with Crippen molar-refractivity contribution in [1.82, 2.24) is 4.98 Å². The van der Waals surface area contributed by atoms with Gasteiger partial charge in [-0.25, -0.2) is 4.98 Å². The van der Waals surface area contributed by atoms with E-state index in [1.807, 2.05) is 29.6 Å². The number of hydrogen-bond donors (Lipinski definition) is 1. The number of nitrogens with zero attached hydrogens (tertiary/aromatic N) is 1. The van der Waals surface area contributed by atoms with Gasteiger partial charge in [-0.05, 0) is 12.1 Å². The summed E-state index contributed by atoms with van der Waals surface area (Å²) in [5.41, 5.74) is 0.763. The normalized spacial score (nSPS) is 17.2. The van der Waals surface area contributed by atoms with Crippen LogP contribution in [0, 0.1) is 0 Å². The molecule has 0 saturated carbocycles. The second-order valence-corrected chi connectivity index (χ2v) is 4.56. The first-order valence-electron chi connectivity index (χ1n) is 5.41. The lowest BCUT2D eigenvalue weighted by molar-refractivity contribution is -0.105. The fourth-order valence-electron chi connectivity index (χ4n) is 1.72. The van der Waals surface area contributed by atoms with Crippen molar-refractivity contribution in [2.24, 2.45) is 0 Å². The predicted octanol–water partition coefficient (Wildman–Crippen LogP) is 2.22. The highest BCUT2D eigenvalue weighted by Gasteiger charge is 2.24. The van der Waals surface area contributed by atoms with Gasteiger partial charge in [0.25, 0.3) is 0 Å². The van der Waals surface area contributed by atoms with Gasteiger partial charge in [0.1, 0.15) is 6.61 Å². The predicted molar refractivity (Wildman–Crippen MR) is 67.1 cm³/mol. The second kappa shape index (κ2) is 4.66. The SMILES string of the molecule is O=CNc1nc([C@@H]2COc3ccccc3O2)cs1. The summed E-state index contributed by atoms with van der Waals surface area (Å²) in [7, 11) is 0. The minimum absolute atomic E-state index is 0.238. The maximum absolute atomic E-state index is 10.3. The summed E-state index contributed by atoms with van der Waals surface area (Å²) >= 11 is 1.36. The molecule has 0 bridgehead atoms. The lowest BCUT2D eigenvalue weighted by Crippen LogP contribution is -2.21. The Morgan fingerprint density at radius 3 is 3.06 bits per heavy atom. The summed E-state index contributed by atoms with van der Waals surface area (Å²) in [6.45, 7) is 0.418. The molecule has 0 aliphatic carbocycles. The highest BCUT2D eigenvalue weighted by Crippen LogP contribution is 2.36. The summed E-state index contributed by atoms with van der Waals surface area (Å²) in [6, 6.07) is 7.52. The van der Waals surface area contributed by atoms with E-state index in [-0.39, 0.29) is 6.10 Å². The Kier molecular flexibility index (Phi) is 2.85. The van der Waals surface area contributed by atoms with E-state index in [0.717, 1.165) is 11.4 Å². The van der Waals surface area contributed by atoms with Crippen molar-refractivity contribution in [3.05, 3.63) is 35.3 Å². The van der Waals surface area contributed by atoms with E-state index in [0.29, 0.717) is 23.9 Å². The number of anilines is 1. The van der Waals surface area contributed by atoms with Crippen LogP contribution in [0.2, 0.25) is 0 Å². The molecule has 1 aromatic carbocycles. The maximum atomic E-state index is 10.3. The zero-order valence-corrected chi connectivity index (χ0v) is 10.1. The molecule has 2 heterocycles. The molecular weight excluding hydrogens is 252 g/mol. The zero-order chi connectivity index (χ0) is 12.4. The van der Waals surface area contributed by atoms with Gasteiger partial charge in [-0.3, -0.25) is 4.79 Å². The Labute approximate surface area is 107 Å². The van der Waals surface area contributed by atoms with Crippen LogP contribution in [-0.4, -0.2) is 18.0 Å². The molecule has 0 unspecified atom stereocenters. The number of benzene rings is 1. The van der Waals surface area contributed by atoms with Crippen LogP contribution in [0.15, 0.2) is 29.6 Å². The van der Waals surface area contributed by atoms with Crippen LogP contribution in [0.25, 0.3) is 0 Å². The van der Waals surface area contributed by atoms with Crippen molar-refractivity contribution in [3.63, 3.8) is 0 Å². The third-order valence-electron chi connectivity index (χ3n) is 2.54. The molecule has 0 fully saturated rings. The first kappa shape index (κ1) is 11.0. The molecule has 1 amide bonds. The number of carbonyl (C=O) groups is 1.